The van der Waals surface area contributed by atoms with Gasteiger partial charge in [-0.25, -0.2) is 4.39 Å². The third-order valence-corrected chi connectivity index (χ3v) is 5.85. The van der Waals surface area contributed by atoms with Crippen LogP contribution in [0.1, 0.15) is 11.3 Å². The zero-order valence-corrected chi connectivity index (χ0v) is 17.3. The van der Waals surface area contributed by atoms with Crippen molar-refractivity contribution in [1.82, 2.24) is 9.47 Å². The Kier molecular flexibility index (Phi) is 5.62. The molecule has 1 aromatic heterocycles. The zero-order valence-electron chi connectivity index (χ0n) is 15.7. The first-order valence-corrected chi connectivity index (χ1v) is 10.1. The normalized spacial score (nSPS) is 15.2. The standard InChI is InChI=1S/C21H13ClFN3O4S/c22-18-9-14(23)7-6-13(18)12-25-20(27)19(31-21(25)28)11-16-5-2-8-24(16)15-3-1-4-17(10-15)26(29)30/h1-11H,12H2/b19-11+. The lowest BCUT2D eigenvalue weighted by Gasteiger charge is -2.13. The Morgan fingerprint density at radius 2 is 1.94 bits per heavy atom. The number of hydrogen-bond donors (Lipinski definition) is 0. The van der Waals surface area contributed by atoms with Gasteiger partial charge in [0.25, 0.3) is 16.8 Å². The molecular weight excluding hydrogens is 445 g/mol. The molecule has 1 aliphatic rings. The molecule has 2 heterocycles. The maximum atomic E-state index is 13.3. The van der Waals surface area contributed by atoms with Crippen LogP contribution >= 0.6 is 23.4 Å². The summed E-state index contributed by atoms with van der Waals surface area (Å²) in [5, 5.41) is 10.7. The molecule has 2 amide bonds. The smallest absolute Gasteiger partial charge is 0.293 e. The Morgan fingerprint density at radius 1 is 1.13 bits per heavy atom. The molecule has 4 rings (SSSR count). The van der Waals surface area contributed by atoms with E-state index in [4.69, 9.17) is 11.6 Å². The minimum Gasteiger partial charge on any atom is -0.317 e. The van der Waals surface area contributed by atoms with Crippen molar-refractivity contribution in [2.75, 3.05) is 0 Å². The van der Waals surface area contributed by atoms with Gasteiger partial charge in [0.1, 0.15) is 5.82 Å². The van der Waals surface area contributed by atoms with Crippen LogP contribution in [0.3, 0.4) is 0 Å². The number of benzene rings is 2. The Balaban J connectivity index is 1.62. The number of nitro groups is 1. The summed E-state index contributed by atoms with van der Waals surface area (Å²) in [4.78, 5) is 37.0. The molecular formula is C21H13ClFN3O4S. The summed E-state index contributed by atoms with van der Waals surface area (Å²) in [5.74, 6) is -1.01. The molecule has 1 saturated heterocycles. The number of nitro benzene ring substituents is 1. The fraction of sp³-hybridized carbons (Fsp3) is 0.0476. The molecule has 2 aromatic carbocycles. The number of nitrogens with zero attached hydrogens (tertiary/aromatic N) is 3. The highest BCUT2D eigenvalue weighted by atomic mass is 35.5. The Labute approximate surface area is 184 Å². The third kappa shape index (κ3) is 4.23. The number of hydrogen-bond acceptors (Lipinski definition) is 5. The highest BCUT2D eigenvalue weighted by molar-refractivity contribution is 8.18. The summed E-state index contributed by atoms with van der Waals surface area (Å²) in [6, 6.07) is 13.3. The zero-order chi connectivity index (χ0) is 22.1. The summed E-state index contributed by atoms with van der Waals surface area (Å²) in [6.07, 6.45) is 3.25. The van der Waals surface area contributed by atoms with E-state index in [9.17, 15) is 24.1 Å². The van der Waals surface area contributed by atoms with Crippen molar-refractivity contribution >= 4 is 46.3 Å². The first-order chi connectivity index (χ1) is 14.8. The predicted molar refractivity (Wildman–Crippen MR) is 115 cm³/mol. The lowest BCUT2D eigenvalue weighted by Crippen LogP contribution is -2.27. The van der Waals surface area contributed by atoms with E-state index >= 15 is 0 Å². The molecule has 7 nitrogen and oxygen atoms in total. The summed E-state index contributed by atoms with van der Waals surface area (Å²) >= 11 is 6.80. The number of thioether (sulfide) groups is 1. The fourth-order valence-corrected chi connectivity index (χ4v) is 4.14. The van der Waals surface area contributed by atoms with E-state index in [1.165, 1.54) is 24.3 Å². The largest absolute Gasteiger partial charge is 0.317 e. The third-order valence-electron chi connectivity index (χ3n) is 4.60. The van der Waals surface area contributed by atoms with Crippen molar-refractivity contribution in [3.05, 3.63) is 97.9 Å². The SMILES string of the molecule is O=C1S/C(=C/c2cccn2-c2cccc([N+](=O)[O-])c2)C(=O)N1Cc1ccc(F)cc1Cl. The molecule has 0 aliphatic carbocycles. The fourth-order valence-electron chi connectivity index (χ4n) is 3.09. The number of aromatic nitrogens is 1. The minimum absolute atomic E-state index is 0.0614. The van der Waals surface area contributed by atoms with Crippen molar-refractivity contribution in [2.45, 2.75) is 6.54 Å². The first-order valence-electron chi connectivity index (χ1n) is 8.95. The van der Waals surface area contributed by atoms with Gasteiger partial charge in [0.05, 0.1) is 22.1 Å². The quantitative estimate of drug-likeness (QED) is 0.290. The van der Waals surface area contributed by atoms with Gasteiger partial charge < -0.3 is 4.57 Å². The second kappa shape index (κ2) is 8.37. The van der Waals surface area contributed by atoms with Crippen LogP contribution in [0.15, 0.2) is 65.7 Å². The number of carbonyl (C=O) groups excluding carboxylic acids is 2. The van der Waals surface area contributed by atoms with Crippen LogP contribution < -0.4 is 0 Å². The van der Waals surface area contributed by atoms with Gasteiger partial charge in [-0.05, 0) is 53.7 Å². The van der Waals surface area contributed by atoms with Gasteiger partial charge in [-0.1, -0.05) is 23.7 Å². The average Bonchev–Trinajstić information content (AvgIpc) is 3.30. The summed E-state index contributed by atoms with van der Waals surface area (Å²) < 4.78 is 14.9. The molecule has 0 bridgehead atoms. The average molecular weight is 458 g/mol. The van der Waals surface area contributed by atoms with E-state index < -0.39 is 21.9 Å². The Hall–Kier alpha value is -3.43. The topological polar surface area (TPSA) is 85.5 Å². The number of halogens is 2. The molecule has 0 N–H and O–H groups in total. The molecule has 10 heteroatoms. The molecule has 1 fully saturated rings. The van der Waals surface area contributed by atoms with Crippen LogP contribution in [0.25, 0.3) is 11.8 Å². The molecule has 1 aliphatic heterocycles. The van der Waals surface area contributed by atoms with Crippen LogP contribution in [0, 0.1) is 15.9 Å². The van der Waals surface area contributed by atoms with Crippen LogP contribution in [0.4, 0.5) is 14.9 Å². The van der Waals surface area contributed by atoms with E-state index in [1.807, 2.05) is 0 Å². The predicted octanol–water partition coefficient (Wildman–Crippen LogP) is 5.41. The second-order valence-corrected chi connectivity index (χ2v) is 7.98. The molecule has 0 atom stereocenters. The van der Waals surface area contributed by atoms with Gasteiger partial charge in [0, 0.05) is 29.0 Å². The van der Waals surface area contributed by atoms with E-state index in [-0.39, 0.29) is 22.2 Å². The van der Waals surface area contributed by atoms with Crippen molar-refractivity contribution in [3.8, 4) is 5.69 Å². The van der Waals surface area contributed by atoms with Gasteiger partial charge in [0.2, 0.25) is 0 Å². The van der Waals surface area contributed by atoms with Gasteiger partial charge in [-0.2, -0.15) is 0 Å². The van der Waals surface area contributed by atoms with Gasteiger partial charge in [0.15, 0.2) is 0 Å². The molecule has 0 saturated carbocycles. The maximum absolute atomic E-state index is 13.3. The molecule has 31 heavy (non-hydrogen) atoms. The molecule has 0 unspecified atom stereocenters. The first kappa shape index (κ1) is 20.8. The summed E-state index contributed by atoms with van der Waals surface area (Å²) in [5.41, 5.74) is 1.51. The van der Waals surface area contributed by atoms with Crippen LogP contribution in [-0.4, -0.2) is 25.5 Å². The highest BCUT2D eigenvalue weighted by Gasteiger charge is 2.35. The molecule has 0 spiro atoms. The van der Waals surface area contributed by atoms with E-state index in [1.54, 1.807) is 41.1 Å². The number of carbonyl (C=O) groups is 2. The van der Waals surface area contributed by atoms with Crippen LogP contribution in [0.2, 0.25) is 5.02 Å². The van der Waals surface area contributed by atoms with E-state index in [2.05, 4.69) is 0 Å². The van der Waals surface area contributed by atoms with Crippen LogP contribution in [0.5, 0.6) is 0 Å². The lowest BCUT2D eigenvalue weighted by atomic mass is 10.2. The van der Waals surface area contributed by atoms with E-state index in [0.29, 0.717) is 16.9 Å². The van der Waals surface area contributed by atoms with Gasteiger partial charge in [-0.15, -0.1) is 0 Å². The number of rotatable bonds is 5. The van der Waals surface area contributed by atoms with E-state index in [0.717, 1.165) is 22.7 Å². The molecule has 0 radical (unpaired) electrons. The van der Waals surface area contributed by atoms with Gasteiger partial charge >= 0.3 is 0 Å². The van der Waals surface area contributed by atoms with Crippen LogP contribution in [-0.2, 0) is 11.3 Å². The maximum Gasteiger partial charge on any atom is 0.293 e. The number of imide groups is 1. The highest BCUT2D eigenvalue weighted by Crippen LogP contribution is 2.34. The van der Waals surface area contributed by atoms with Crippen molar-refractivity contribution in [2.24, 2.45) is 0 Å². The minimum atomic E-state index is -0.510. The van der Waals surface area contributed by atoms with Crippen molar-refractivity contribution in [3.63, 3.8) is 0 Å². The summed E-state index contributed by atoms with van der Waals surface area (Å²) in [6.45, 7) is -0.0764. The van der Waals surface area contributed by atoms with Crippen molar-refractivity contribution in [1.29, 1.82) is 0 Å². The van der Waals surface area contributed by atoms with Gasteiger partial charge in [-0.3, -0.25) is 24.6 Å². The Morgan fingerprint density at radius 3 is 2.68 bits per heavy atom. The van der Waals surface area contributed by atoms with Crippen molar-refractivity contribution < 1.29 is 18.9 Å². The lowest BCUT2D eigenvalue weighted by molar-refractivity contribution is -0.384. The number of non-ortho nitro benzene ring substituents is 1. The Bertz CT molecular complexity index is 1260. The number of amides is 2. The molecule has 3 aromatic rings. The summed E-state index contributed by atoms with van der Waals surface area (Å²) in [7, 11) is 0. The monoisotopic (exact) mass is 457 g/mol. The molecule has 156 valence electrons. The second-order valence-electron chi connectivity index (χ2n) is 6.58.